The van der Waals surface area contributed by atoms with Gasteiger partial charge in [0.1, 0.15) is 0 Å². The highest BCUT2D eigenvalue weighted by Gasteiger charge is 2.03. The third kappa shape index (κ3) is 20.2. The van der Waals surface area contributed by atoms with Crippen LogP contribution in [0.4, 0.5) is 0 Å². The van der Waals surface area contributed by atoms with Gasteiger partial charge in [0.05, 0.1) is 0 Å². The van der Waals surface area contributed by atoms with Gasteiger partial charge < -0.3 is 15.1 Å². The van der Waals surface area contributed by atoms with Crippen molar-refractivity contribution in [3.8, 4) is 0 Å². The van der Waals surface area contributed by atoms with Gasteiger partial charge in [0.2, 0.25) is 0 Å². The summed E-state index contributed by atoms with van der Waals surface area (Å²) in [4.78, 5) is 2.40. The number of hydrogen-bond acceptors (Lipinski definition) is 3. The molecule has 0 aromatic carbocycles. The topological polar surface area (TPSA) is 43.7 Å². The lowest BCUT2D eigenvalue weighted by Crippen LogP contribution is -2.28. The zero-order valence-corrected chi connectivity index (χ0v) is 17.9. The molecule has 0 saturated carbocycles. The van der Waals surface area contributed by atoms with Crippen molar-refractivity contribution >= 4 is 0 Å². The monoisotopic (exact) mass is 371 g/mol. The molecule has 0 rings (SSSR count). The molecule has 0 spiro atoms. The highest BCUT2D eigenvalue weighted by molar-refractivity contribution is 4.59. The molecule has 0 atom stereocenters. The Bertz CT molecular complexity index is 240. The molecule has 0 unspecified atom stereocenters. The van der Waals surface area contributed by atoms with Crippen LogP contribution >= 0.6 is 0 Å². The summed E-state index contributed by atoms with van der Waals surface area (Å²) in [6.07, 6.45) is 22.8. The molecule has 0 saturated heterocycles. The van der Waals surface area contributed by atoms with Gasteiger partial charge in [0.15, 0.2) is 0 Å². The summed E-state index contributed by atoms with van der Waals surface area (Å²) in [5.41, 5.74) is 0. The minimum atomic E-state index is 0.272. The lowest BCUT2D eigenvalue weighted by Gasteiger charge is -2.21. The first kappa shape index (κ1) is 25.9. The standard InChI is InChI=1S/C23H49NO2/c1-2-3-4-5-6-7-8-9-10-11-12-13-14-15-16-19-24(20-17-22-25)21-18-23-26/h25-26H,2-23H2,1H3. The van der Waals surface area contributed by atoms with Crippen molar-refractivity contribution in [1.82, 2.24) is 4.90 Å². The van der Waals surface area contributed by atoms with Gasteiger partial charge in [0, 0.05) is 26.3 Å². The first-order chi connectivity index (χ1) is 12.8. The number of aliphatic hydroxyl groups excluding tert-OH is 2. The van der Waals surface area contributed by atoms with Gasteiger partial charge in [-0.05, 0) is 25.8 Å². The molecule has 0 amide bonds. The van der Waals surface area contributed by atoms with E-state index in [4.69, 9.17) is 10.2 Å². The quantitative estimate of drug-likeness (QED) is 0.232. The molecule has 158 valence electrons. The molecular weight excluding hydrogens is 322 g/mol. The zero-order valence-electron chi connectivity index (χ0n) is 17.9. The van der Waals surface area contributed by atoms with E-state index in [1.54, 1.807) is 0 Å². The average molecular weight is 372 g/mol. The summed E-state index contributed by atoms with van der Waals surface area (Å²) in [5.74, 6) is 0. The van der Waals surface area contributed by atoms with Crippen LogP contribution in [0.15, 0.2) is 0 Å². The lowest BCUT2D eigenvalue weighted by atomic mass is 10.0. The molecule has 0 aliphatic rings. The van der Waals surface area contributed by atoms with E-state index in [-0.39, 0.29) is 13.2 Å². The molecule has 3 nitrogen and oxygen atoms in total. The smallest absolute Gasteiger partial charge is 0.0443 e. The SMILES string of the molecule is CCCCCCCCCCCCCCCCCN(CCCO)CCCO. The molecule has 0 aromatic heterocycles. The Morgan fingerprint density at radius 2 is 0.731 bits per heavy atom. The van der Waals surface area contributed by atoms with Gasteiger partial charge >= 0.3 is 0 Å². The molecular formula is C23H49NO2. The molecule has 2 N–H and O–H groups in total. The maximum Gasteiger partial charge on any atom is 0.0443 e. The predicted molar refractivity (Wildman–Crippen MR) is 115 cm³/mol. The number of aliphatic hydroxyl groups is 2. The Hall–Kier alpha value is -0.120. The van der Waals surface area contributed by atoms with Crippen LogP contribution in [-0.2, 0) is 0 Å². The molecule has 0 radical (unpaired) electrons. The van der Waals surface area contributed by atoms with E-state index in [0.717, 1.165) is 32.5 Å². The van der Waals surface area contributed by atoms with E-state index >= 15 is 0 Å². The van der Waals surface area contributed by atoms with Crippen molar-refractivity contribution in [3.63, 3.8) is 0 Å². The van der Waals surface area contributed by atoms with Crippen molar-refractivity contribution in [2.45, 2.75) is 116 Å². The fraction of sp³-hybridized carbons (Fsp3) is 1.00. The lowest BCUT2D eigenvalue weighted by molar-refractivity contribution is 0.199. The molecule has 0 aromatic rings. The second-order valence-electron chi connectivity index (χ2n) is 7.95. The third-order valence-corrected chi connectivity index (χ3v) is 5.34. The number of rotatable bonds is 22. The van der Waals surface area contributed by atoms with Crippen molar-refractivity contribution in [2.75, 3.05) is 32.8 Å². The van der Waals surface area contributed by atoms with Crippen LogP contribution in [-0.4, -0.2) is 48.0 Å². The zero-order chi connectivity index (χ0) is 19.1. The van der Waals surface area contributed by atoms with Crippen molar-refractivity contribution in [3.05, 3.63) is 0 Å². The Morgan fingerprint density at radius 1 is 0.423 bits per heavy atom. The van der Waals surface area contributed by atoms with Crippen molar-refractivity contribution in [2.24, 2.45) is 0 Å². The number of hydrogen-bond donors (Lipinski definition) is 2. The largest absolute Gasteiger partial charge is 0.396 e. The molecule has 0 fully saturated rings. The predicted octanol–water partition coefficient (Wildman–Crippen LogP) is 5.92. The fourth-order valence-corrected chi connectivity index (χ4v) is 3.63. The van der Waals surface area contributed by atoms with Gasteiger partial charge in [-0.25, -0.2) is 0 Å². The maximum absolute atomic E-state index is 8.97. The molecule has 3 heteroatoms. The van der Waals surface area contributed by atoms with Gasteiger partial charge in [-0.1, -0.05) is 96.8 Å². The second-order valence-corrected chi connectivity index (χ2v) is 7.95. The van der Waals surface area contributed by atoms with Crippen LogP contribution in [0.1, 0.15) is 116 Å². The Kier molecular flexibility index (Phi) is 22.8. The van der Waals surface area contributed by atoms with Crippen molar-refractivity contribution in [1.29, 1.82) is 0 Å². The number of nitrogens with zero attached hydrogens (tertiary/aromatic N) is 1. The van der Waals surface area contributed by atoms with E-state index in [9.17, 15) is 0 Å². The fourth-order valence-electron chi connectivity index (χ4n) is 3.63. The Labute approximate surface area is 164 Å². The first-order valence-corrected chi connectivity index (χ1v) is 11.8. The van der Waals surface area contributed by atoms with E-state index in [1.165, 1.54) is 96.3 Å². The normalized spacial score (nSPS) is 11.5. The van der Waals surface area contributed by atoms with E-state index in [0.29, 0.717) is 0 Å². The second kappa shape index (κ2) is 22.9. The minimum Gasteiger partial charge on any atom is -0.396 e. The van der Waals surface area contributed by atoms with Gasteiger partial charge in [-0.15, -0.1) is 0 Å². The van der Waals surface area contributed by atoms with E-state index in [1.807, 2.05) is 0 Å². The number of unbranched alkanes of at least 4 members (excludes halogenated alkanes) is 14. The van der Waals surface area contributed by atoms with Crippen LogP contribution in [0.5, 0.6) is 0 Å². The minimum absolute atomic E-state index is 0.272. The van der Waals surface area contributed by atoms with Crippen molar-refractivity contribution < 1.29 is 10.2 Å². The summed E-state index contributed by atoms with van der Waals surface area (Å²) in [5, 5.41) is 17.9. The molecule has 0 bridgehead atoms. The van der Waals surface area contributed by atoms with Crippen LogP contribution in [0.3, 0.4) is 0 Å². The molecule has 0 heterocycles. The van der Waals surface area contributed by atoms with Crippen LogP contribution in [0, 0.1) is 0 Å². The van der Waals surface area contributed by atoms with Gasteiger partial charge in [0.25, 0.3) is 0 Å². The maximum atomic E-state index is 8.97. The van der Waals surface area contributed by atoms with E-state index < -0.39 is 0 Å². The molecule has 0 aliphatic carbocycles. The molecule has 0 aliphatic heterocycles. The summed E-state index contributed by atoms with van der Waals surface area (Å²) in [6, 6.07) is 0. The van der Waals surface area contributed by atoms with Crippen LogP contribution < -0.4 is 0 Å². The molecule has 26 heavy (non-hydrogen) atoms. The average Bonchev–Trinajstić information content (AvgIpc) is 2.66. The van der Waals surface area contributed by atoms with Gasteiger partial charge in [-0.3, -0.25) is 0 Å². The Balaban J connectivity index is 3.26. The first-order valence-electron chi connectivity index (χ1n) is 11.8. The summed E-state index contributed by atoms with van der Waals surface area (Å²) < 4.78 is 0. The Morgan fingerprint density at radius 3 is 1.08 bits per heavy atom. The summed E-state index contributed by atoms with van der Waals surface area (Å²) in [7, 11) is 0. The third-order valence-electron chi connectivity index (χ3n) is 5.34. The van der Waals surface area contributed by atoms with E-state index in [2.05, 4.69) is 11.8 Å². The van der Waals surface area contributed by atoms with Gasteiger partial charge in [-0.2, -0.15) is 0 Å². The summed E-state index contributed by atoms with van der Waals surface area (Å²) >= 11 is 0. The summed E-state index contributed by atoms with van der Waals surface area (Å²) in [6.45, 7) is 5.89. The highest BCUT2D eigenvalue weighted by Crippen LogP contribution is 2.13. The van der Waals surface area contributed by atoms with Crippen LogP contribution in [0.2, 0.25) is 0 Å². The van der Waals surface area contributed by atoms with Crippen LogP contribution in [0.25, 0.3) is 0 Å². The highest BCUT2D eigenvalue weighted by atomic mass is 16.3.